The van der Waals surface area contributed by atoms with E-state index in [9.17, 15) is 0 Å². The highest BCUT2D eigenvalue weighted by Gasteiger charge is 2.53. The fourth-order valence-corrected chi connectivity index (χ4v) is 3.66. The lowest BCUT2D eigenvalue weighted by Gasteiger charge is -2.32. The van der Waals surface area contributed by atoms with Gasteiger partial charge in [0.15, 0.2) is 0 Å². The van der Waals surface area contributed by atoms with Gasteiger partial charge in [-0.25, -0.2) is 0 Å². The lowest BCUT2D eigenvalue weighted by atomic mass is 9.79. The minimum absolute atomic E-state index is 0.410. The highest BCUT2D eigenvalue weighted by Crippen LogP contribution is 2.41. The zero-order valence-corrected chi connectivity index (χ0v) is 16.2. The van der Waals surface area contributed by atoms with Crippen LogP contribution in [0.1, 0.15) is 27.7 Å². The van der Waals surface area contributed by atoms with Crippen molar-refractivity contribution < 1.29 is 18.8 Å². The zero-order chi connectivity index (χ0) is 16.0. The Hall–Kier alpha value is -0.235. The van der Waals surface area contributed by atoms with E-state index in [1.54, 1.807) is 14.2 Å². The fraction of sp³-hybridized carbons (Fsp3) is 0.571. The van der Waals surface area contributed by atoms with Crippen LogP contribution in [0.2, 0.25) is 0 Å². The number of benzene rings is 1. The van der Waals surface area contributed by atoms with Crippen LogP contribution in [0.15, 0.2) is 15.0 Å². The summed E-state index contributed by atoms with van der Waals surface area (Å²) in [6.07, 6.45) is 0. The third-order valence-corrected chi connectivity index (χ3v) is 5.73. The normalized spacial score (nSPS) is 19.7. The summed E-state index contributed by atoms with van der Waals surface area (Å²) in [5.74, 6) is 1.33. The molecule has 1 aliphatic heterocycles. The molecule has 0 bridgehead atoms. The van der Waals surface area contributed by atoms with Gasteiger partial charge in [0, 0.05) is 11.5 Å². The van der Waals surface area contributed by atoms with E-state index in [4.69, 9.17) is 18.8 Å². The van der Waals surface area contributed by atoms with Crippen molar-refractivity contribution in [3.63, 3.8) is 0 Å². The molecular formula is C14H19BBr2O4. The summed E-state index contributed by atoms with van der Waals surface area (Å²) in [5.41, 5.74) is 0.00421. The van der Waals surface area contributed by atoms with E-state index in [-0.39, 0.29) is 0 Å². The van der Waals surface area contributed by atoms with Crippen molar-refractivity contribution in [1.29, 1.82) is 0 Å². The maximum Gasteiger partial charge on any atom is 0.497 e. The molecule has 1 aromatic carbocycles. The van der Waals surface area contributed by atoms with Crippen LogP contribution < -0.4 is 14.9 Å². The molecule has 0 spiro atoms. The molecule has 2 rings (SSSR count). The summed E-state index contributed by atoms with van der Waals surface area (Å²) >= 11 is 7.14. The molecular weight excluding hydrogens is 403 g/mol. The quantitative estimate of drug-likeness (QED) is 0.700. The minimum Gasteiger partial charge on any atom is -0.495 e. The van der Waals surface area contributed by atoms with Crippen LogP contribution in [0.4, 0.5) is 0 Å². The van der Waals surface area contributed by atoms with Gasteiger partial charge in [0.1, 0.15) is 11.5 Å². The molecule has 116 valence electrons. The van der Waals surface area contributed by atoms with E-state index in [2.05, 4.69) is 31.9 Å². The predicted octanol–water partition coefficient (Wildman–Crippen LogP) is 3.53. The van der Waals surface area contributed by atoms with Crippen LogP contribution >= 0.6 is 31.9 Å². The predicted molar refractivity (Wildman–Crippen MR) is 90.7 cm³/mol. The van der Waals surface area contributed by atoms with Gasteiger partial charge < -0.3 is 18.8 Å². The SMILES string of the molecule is COc1cc(OC)c(Br)c(B2OC(C)(C)C(C)(C)O2)c1Br. The van der Waals surface area contributed by atoms with Crippen molar-refractivity contribution >= 4 is 44.4 Å². The number of methoxy groups -OCH3 is 2. The minimum atomic E-state index is -0.511. The summed E-state index contributed by atoms with van der Waals surface area (Å²) in [6, 6.07) is 1.81. The van der Waals surface area contributed by atoms with E-state index < -0.39 is 18.3 Å². The van der Waals surface area contributed by atoms with Gasteiger partial charge in [-0.2, -0.15) is 0 Å². The molecule has 4 nitrogen and oxygen atoms in total. The molecule has 1 saturated heterocycles. The second kappa shape index (κ2) is 5.76. The van der Waals surface area contributed by atoms with Crippen LogP contribution in [-0.4, -0.2) is 32.5 Å². The summed E-state index contributed by atoms with van der Waals surface area (Å²) in [4.78, 5) is 0. The number of hydrogen-bond acceptors (Lipinski definition) is 4. The third kappa shape index (κ3) is 2.85. The molecule has 0 aliphatic carbocycles. The third-order valence-electron chi connectivity index (χ3n) is 4.10. The molecule has 0 amide bonds. The summed E-state index contributed by atoms with van der Waals surface area (Å²) in [7, 11) is 2.71. The zero-order valence-electron chi connectivity index (χ0n) is 13.0. The van der Waals surface area contributed by atoms with Gasteiger partial charge in [0.05, 0.1) is 34.4 Å². The molecule has 0 unspecified atom stereocenters. The standard InChI is InChI=1S/C14H19BBr2O4/c1-13(2)14(3,4)21-15(20-13)10-11(16)8(18-5)7-9(19-6)12(10)17/h7H,1-6H3. The highest BCUT2D eigenvalue weighted by molar-refractivity contribution is 9.11. The second-order valence-electron chi connectivity index (χ2n) is 5.91. The average Bonchev–Trinajstić information content (AvgIpc) is 2.58. The Kier molecular flexibility index (Phi) is 4.70. The van der Waals surface area contributed by atoms with Crippen LogP contribution in [0.5, 0.6) is 11.5 Å². The van der Waals surface area contributed by atoms with Gasteiger partial charge in [-0.05, 0) is 59.6 Å². The van der Waals surface area contributed by atoms with Crippen LogP contribution in [0, 0.1) is 0 Å². The topological polar surface area (TPSA) is 36.9 Å². The molecule has 21 heavy (non-hydrogen) atoms. The van der Waals surface area contributed by atoms with Crippen molar-refractivity contribution in [3.8, 4) is 11.5 Å². The molecule has 1 heterocycles. The molecule has 1 aromatic rings. The Morgan fingerprint density at radius 2 is 1.29 bits per heavy atom. The Morgan fingerprint density at radius 1 is 0.905 bits per heavy atom. The van der Waals surface area contributed by atoms with Gasteiger partial charge in [-0.3, -0.25) is 0 Å². The first-order valence-electron chi connectivity index (χ1n) is 6.60. The number of ether oxygens (including phenoxy) is 2. The van der Waals surface area contributed by atoms with Crippen molar-refractivity contribution in [2.45, 2.75) is 38.9 Å². The van der Waals surface area contributed by atoms with Gasteiger partial charge in [-0.15, -0.1) is 0 Å². The molecule has 1 aliphatic rings. The van der Waals surface area contributed by atoms with E-state index >= 15 is 0 Å². The van der Waals surface area contributed by atoms with Crippen LogP contribution in [-0.2, 0) is 9.31 Å². The van der Waals surface area contributed by atoms with Crippen LogP contribution in [0.25, 0.3) is 0 Å². The first-order valence-corrected chi connectivity index (χ1v) is 8.18. The summed E-state index contributed by atoms with van der Waals surface area (Å²) in [6.45, 7) is 8.08. The van der Waals surface area contributed by atoms with Gasteiger partial charge >= 0.3 is 7.12 Å². The van der Waals surface area contributed by atoms with Crippen molar-refractivity contribution in [3.05, 3.63) is 15.0 Å². The summed E-state index contributed by atoms with van der Waals surface area (Å²) in [5, 5.41) is 0. The maximum absolute atomic E-state index is 6.12. The Labute approximate surface area is 142 Å². The van der Waals surface area contributed by atoms with Gasteiger partial charge in [0.25, 0.3) is 0 Å². The highest BCUT2D eigenvalue weighted by atomic mass is 79.9. The lowest BCUT2D eigenvalue weighted by molar-refractivity contribution is 0.00578. The number of halogens is 2. The van der Waals surface area contributed by atoms with E-state index in [1.165, 1.54) is 0 Å². The monoisotopic (exact) mass is 420 g/mol. The first-order chi connectivity index (χ1) is 9.64. The van der Waals surface area contributed by atoms with Crippen LogP contribution in [0.3, 0.4) is 0 Å². The van der Waals surface area contributed by atoms with Gasteiger partial charge in [0.2, 0.25) is 0 Å². The maximum atomic E-state index is 6.12. The van der Waals surface area contributed by atoms with E-state index in [1.807, 2.05) is 33.8 Å². The first kappa shape index (κ1) is 17.1. The molecule has 0 radical (unpaired) electrons. The van der Waals surface area contributed by atoms with Crippen molar-refractivity contribution in [2.75, 3.05) is 14.2 Å². The number of hydrogen-bond donors (Lipinski definition) is 0. The van der Waals surface area contributed by atoms with E-state index in [0.717, 1.165) is 14.4 Å². The molecule has 0 aromatic heterocycles. The molecule has 7 heteroatoms. The average molecular weight is 422 g/mol. The lowest BCUT2D eigenvalue weighted by Crippen LogP contribution is -2.41. The molecule has 0 atom stereocenters. The molecule has 1 fully saturated rings. The largest absolute Gasteiger partial charge is 0.497 e. The number of rotatable bonds is 3. The smallest absolute Gasteiger partial charge is 0.495 e. The van der Waals surface area contributed by atoms with Crippen molar-refractivity contribution in [2.24, 2.45) is 0 Å². The Balaban J connectivity index is 2.55. The summed E-state index contributed by atoms with van der Waals surface area (Å²) < 4.78 is 24.6. The Bertz CT molecular complexity index is 516. The molecule has 0 saturated carbocycles. The van der Waals surface area contributed by atoms with E-state index in [0.29, 0.717) is 11.5 Å². The van der Waals surface area contributed by atoms with Crippen molar-refractivity contribution in [1.82, 2.24) is 0 Å². The second-order valence-corrected chi connectivity index (χ2v) is 7.50. The Morgan fingerprint density at radius 3 is 1.62 bits per heavy atom. The molecule has 0 N–H and O–H groups in total. The fourth-order valence-electron chi connectivity index (χ4n) is 2.07. The van der Waals surface area contributed by atoms with Gasteiger partial charge in [-0.1, -0.05) is 0 Å².